The molecule has 0 aliphatic carbocycles. The Morgan fingerprint density at radius 1 is 1.43 bits per heavy atom. The van der Waals surface area contributed by atoms with Gasteiger partial charge in [0.25, 0.3) is 5.91 Å². The number of pyridine rings is 1. The standard InChI is InChI=1S/C16H22ClN3O3/c1-9(2)23-15-13(17)6-12(7-19-15)16(22)20-8-11(14(18)21)5-4-10(20)3/h6-7,9-11H,4-5,8H2,1-3H3,(H2,18,21)/t10-,11+/m1/s1. The number of nitrogens with zero attached hydrogens (tertiary/aromatic N) is 2. The summed E-state index contributed by atoms with van der Waals surface area (Å²) in [5, 5.41) is 0.292. The van der Waals surface area contributed by atoms with Gasteiger partial charge in [-0.2, -0.15) is 0 Å². The highest BCUT2D eigenvalue weighted by Crippen LogP contribution is 2.27. The predicted octanol–water partition coefficient (Wildman–Crippen LogP) is 2.25. The van der Waals surface area contributed by atoms with Gasteiger partial charge in [0.2, 0.25) is 11.8 Å². The number of primary amides is 1. The van der Waals surface area contributed by atoms with Crippen LogP contribution in [0.1, 0.15) is 44.0 Å². The molecule has 0 radical (unpaired) electrons. The molecule has 0 saturated carbocycles. The van der Waals surface area contributed by atoms with E-state index in [1.165, 1.54) is 6.20 Å². The molecule has 1 fully saturated rings. The average Bonchev–Trinajstić information content (AvgIpc) is 2.48. The van der Waals surface area contributed by atoms with Crippen LogP contribution in [0.2, 0.25) is 5.02 Å². The summed E-state index contributed by atoms with van der Waals surface area (Å²) in [6.07, 6.45) is 2.85. The van der Waals surface area contributed by atoms with E-state index >= 15 is 0 Å². The molecule has 0 spiro atoms. The largest absolute Gasteiger partial charge is 0.474 e. The van der Waals surface area contributed by atoms with Crippen LogP contribution in [-0.2, 0) is 4.79 Å². The number of carbonyl (C=O) groups is 2. The first kappa shape index (κ1) is 17.5. The fraction of sp³-hybridized carbons (Fsp3) is 0.562. The molecule has 126 valence electrons. The SMILES string of the molecule is CC(C)Oc1ncc(C(=O)N2C[C@@H](C(N)=O)CC[C@H]2C)cc1Cl. The zero-order valence-corrected chi connectivity index (χ0v) is 14.3. The van der Waals surface area contributed by atoms with Crippen molar-refractivity contribution in [3.8, 4) is 5.88 Å². The summed E-state index contributed by atoms with van der Waals surface area (Å²) < 4.78 is 5.47. The van der Waals surface area contributed by atoms with E-state index in [4.69, 9.17) is 22.1 Å². The molecule has 1 aromatic rings. The Kier molecular flexibility index (Phi) is 5.46. The van der Waals surface area contributed by atoms with Gasteiger partial charge in [0.1, 0.15) is 5.02 Å². The molecule has 7 heteroatoms. The number of likely N-dealkylation sites (tertiary alicyclic amines) is 1. The lowest BCUT2D eigenvalue weighted by molar-refractivity contribution is -0.123. The molecule has 2 N–H and O–H groups in total. The molecule has 0 unspecified atom stereocenters. The van der Waals surface area contributed by atoms with Gasteiger partial charge in [-0.05, 0) is 39.7 Å². The zero-order valence-electron chi connectivity index (χ0n) is 13.6. The number of carbonyl (C=O) groups excluding carboxylic acids is 2. The number of hydrogen-bond acceptors (Lipinski definition) is 4. The maximum atomic E-state index is 12.7. The van der Waals surface area contributed by atoms with Crippen LogP contribution < -0.4 is 10.5 Å². The lowest BCUT2D eigenvalue weighted by atomic mass is 9.92. The van der Waals surface area contributed by atoms with Crippen LogP contribution in [0.3, 0.4) is 0 Å². The average molecular weight is 340 g/mol. The van der Waals surface area contributed by atoms with Crippen LogP contribution in [0, 0.1) is 5.92 Å². The smallest absolute Gasteiger partial charge is 0.255 e. The van der Waals surface area contributed by atoms with Gasteiger partial charge in [0.05, 0.1) is 17.6 Å². The highest BCUT2D eigenvalue weighted by atomic mass is 35.5. The molecular weight excluding hydrogens is 318 g/mol. The van der Waals surface area contributed by atoms with Gasteiger partial charge < -0.3 is 15.4 Å². The minimum Gasteiger partial charge on any atom is -0.474 e. The van der Waals surface area contributed by atoms with Crippen molar-refractivity contribution in [3.63, 3.8) is 0 Å². The molecule has 1 saturated heterocycles. The number of hydrogen-bond donors (Lipinski definition) is 1. The second-order valence-corrected chi connectivity index (χ2v) is 6.57. The minimum atomic E-state index is -0.369. The van der Waals surface area contributed by atoms with Crippen molar-refractivity contribution in [1.29, 1.82) is 0 Å². The number of rotatable bonds is 4. The maximum absolute atomic E-state index is 12.7. The summed E-state index contributed by atoms with van der Waals surface area (Å²) in [5.74, 6) is -0.567. The Hall–Kier alpha value is -1.82. The van der Waals surface area contributed by atoms with Gasteiger partial charge in [-0.3, -0.25) is 9.59 Å². The molecule has 1 aliphatic heterocycles. The number of halogens is 1. The summed E-state index contributed by atoms with van der Waals surface area (Å²) in [6.45, 7) is 6.03. The predicted molar refractivity (Wildman–Crippen MR) is 87.4 cm³/mol. The van der Waals surface area contributed by atoms with Crippen molar-refractivity contribution in [2.45, 2.75) is 45.8 Å². The van der Waals surface area contributed by atoms with Crippen molar-refractivity contribution in [1.82, 2.24) is 9.88 Å². The number of amides is 2. The first-order valence-corrected chi connectivity index (χ1v) is 8.10. The third kappa shape index (κ3) is 4.13. The monoisotopic (exact) mass is 339 g/mol. The highest BCUT2D eigenvalue weighted by Gasteiger charge is 2.32. The maximum Gasteiger partial charge on any atom is 0.255 e. The topological polar surface area (TPSA) is 85.5 Å². The van der Waals surface area contributed by atoms with Crippen molar-refractivity contribution in [2.24, 2.45) is 11.7 Å². The Morgan fingerprint density at radius 3 is 2.70 bits per heavy atom. The third-order valence-electron chi connectivity index (χ3n) is 3.95. The zero-order chi connectivity index (χ0) is 17.1. The van der Waals surface area contributed by atoms with Gasteiger partial charge in [-0.25, -0.2) is 4.98 Å². The van der Waals surface area contributed by atoms with E-state index in [1.54, 1.807) is 11.0 Å². The van der Waals surface area contributed by atoms with Crippen molar-refractivity contribution in [2.75, 3.05) is 6.54 Å². The molecule has 0 bridgehead atoms. The second kappa shape index (κ2) is 7.17. The molecule has 23 heavy (non-hydrogen) atoms. The lowest BCUT2D eigenvalue weighted by Gasteiger charge is -2.36. The van der Waals surface area contributed by atoms with Crippen LogP contribution in [0.25, 0.3) is 0 Å². The summed E-state index contributed by atoms with van der Waals surface area (Å²) >= 11 is 6.14. The number of aromatic nitrogens is 1. The molecule has 2 amide bonds. The lowest BCUT2D eigenvalue weighted by Crippen LogP contribution is -2.48. The van der Waals surface area contributed by atoms with E-state index < -0.39 is 0 Å². The van der Waals surface area contributed by atoms with E-state index in [1.807, 2.05) is 20.8 Å². The Labute approximate surface area is 140 Å². The van der Waals surface area contributed by atoms with Crippen molar-refractivity contribution < 1.29 is 14.3 Å². The van der Waals surface area contributed by atoms with E-state index in [-0.39, 0.29) is 29.9 Å². The molecule has 0 aromatic carbocycles. The molecule has 2 heterocycles. The summed E-state index contributed by atoms with van der Waals surface area (Å²) in [4.78, 5) is 29.9. The van der Waals surface area contributed by atoms with Gasteiger partial charge >= 0.3 is 0 Å². The Balaban J connectivity index is 2.18. The fourth-order valence-corrected chi connectivity index (χ4v) is 2.85. The first-order chi connectivity index (χ1) is 10.8. The molecule has 2 rings (SSSR count). The molecule has 1 aliphatic rings. The minimum absolute atomic E-state index is 0.0449. The van der Waals surface area contributed by atoms with Crippen LogP contribution >= 0.6 is 11.6 Å². The quantitative estimate of drug-likeness (QED) is 0.911. The molecule has 6 nitrogen and oxygen atoms in total. The van der Waals surface area contributed by atoms with E-state index in [9.17, 15) is 9.59 Å². The normalized spacial score (nSPS) is 21.3. The second-order valence-electron chi connectivity index (χ2n) is 6.16. The van der Waals surface area contributed by atoms with E-state index in [0.717, 1.165) is 6.42 Å². The Morgan fingerprint density at radius 2 is 2.13 bits per heavy atom. The van der Waals surface area contributed by atoms with Gasteiger partial charge in [0, 0.05) is 18.8 Å². The van der Waals surface area contributed by atoms with Gasteiger partial charge in [-0.15, -0.1) is 0 Å². The highest BCUT2D eigenvalue weighted by molar-refractivity contribution is 6.32. The molecular formula is C16H22ClN3O3. The first-order valence-electron chi connectivity index (χ1n) is 7.72. The van der Waals surface area contributed by atoms with Gasteiger partial charge in [0.15, 0.2) is 0 Å². The van der Waals surface area contributed by atoms with Crippen LogP contribution in [-0.4, -0.2) is 40.4 Å². The van der Waals surface area contributed by atoms with Crippen LogP contribution in [0.5, 0.6) is 5.88 Å². The summed E-state index contributed by atoms with van der Waals surface area (Å²) in [5.41, 5.74) is 5.75. The van der Waals surface area contributed by atoms with Gasteiger partial charge in [-0.1, -0.05) is 11.6 Å². The molecule has 2 atom stereocenters. The van der Waals surface area contributed by atoms with Crippen molar-refractivity contribution in [3.05, 3.63) is 22.8 Å². The van der Waals surface area contributed by atoms with E-state index in [0.29, 0.717) is 29.4 Å². The number of piperidine rings is 1. The number of nitrogens with two attached hydrogens (primary N) is 1. The summed E-state index contributed by atoms with van der Waals surface area (Å²) in [6, 6.07) is 1.60. The Bertz CT molecular complexity index is 606. The van der Waals surface area contributed by atoms with Crippen molar-refractivity contribution >= 4 is 23.4 Å². The van der Waals surface area contributed by atoms with Crippen LogP contribution in [0.15, 0.2) is 12.3 Å². The summed E-state index contributed by atoms with van der Waals surface area (Å²) in [7, 11) is 0. The fourth-order valence-electron chi connectivity index (χ4n) is 2.64. The van der Waals surface area contributed by atoms with E-state index in [2.05, 4.69) is 4.98 Å². The van der Waals surface area contributed by atoms with Crippen LogP contribution in [0.4, 0.5) is 0 Å². The molecule has 1 aromatic heterocycles. The third-order valence-corrected chi connectivity index (χ3v) is 4.22. The number of ether oxygens (including phenoxy) is 1.